The highest BCUT2D eigenvalue weighted by molar-refractivity contribution is 5.75. The summed E-state index contributed by atoms with van der Waals surface area (Å²) in [5.74, 6) is 0.199. The Balaban J connectivity index is 2.44. The Bertz CT molecular complexity index is 280. The Morgan fingerprint density at radius 2 is 2.38 bits per heavy atom. The Labute approximate surface area is 77.9 Å². The molecule has 1 aromatic heterocycles. The molecule has 13 heavy (non-hydrogen) atoms. The molecule has 4 heteroatoms. The highest BCUT2D eigenvalue weighted by Gasteiger charge is 2.01. The standard InChI is InChI=1S/C9H15N3O/c1-3-6-12-7-9(10-11-12)5-4-8(2)13/h7H,3-6H2,1-2H3. The maximum Gasteiger partial charge on any atom is 0.130 e. The zero-order chi connectivity index (χ0) is 9.68. The van der Waals surface area contributed by atoms with Gasteiger partial charge in [-0.05, 0) is 19.8 Å². The van der Waals surface area contributed by atoms with Crippen LogP contribution >= 0.6 is 0 Å². The number of Topliss-reactive ketones (excluding diaryl/α,β-unsaturated/α-hetero) is 1. The van der Waals surface area contributed by atoms with Gasteiger partial charge >= 0.3 is 0 Å². The first-order valence-corrected chi connectivity index (χ1v) is 4.61. The number of hydrogen-bond acceptors (Lipinski definition) is 3. The summed E-state index contributed by atoms with van der Waals surface area (Å²) >= 11 is 0. The van der Waals surface area contributed by atoms with Crippen LogP contribution in [0.25, 0.3) is 0 Å². The summed E-state index contributed by atoms with van der Waals surface area (Å²) in [5, 5.41) is 7.91. The van der Waals surface area contributed by atoms with Gasteiger partial charge < -0.3 is 4.79 Å². The van der Waals surface area contributed by atoms with Crippen LogP contribution in [-0.4, -0.2) is 20.8 Å². The van der Waals surface area contributed by atoms with Gasteiger partial charge in [-0.15, -0.1) is 5.10 Å². The number of carbonyl (C=O) groups is 1. The summed E-state index contributed by atoms with van der Waals surface area (Å²) in [7, 11) is 0. The molecular weight excluding hydrogens is 166 g/mol. The molecule has 0 radical (unpaired) electrons. The minimum Gasteiger partial charge on any atom is -0.300 e. The number of rotatable bonds is 5. The number of aromatic nitrogens is 3. The van der Waals surface area contributed by atoms with Crippen LogP contribution in [0.15, 0.2) is 6.20 Å². The topological polar surface area (TPSA) is 47.8 Å². The van der Waals surface area contributed by atoms with Gasteiger partial charge in [0.25, 0.3) is 0 Å². The fourth-order valence-corrected chi connectivity index (χ4v) is 1.10. The molecule has 0 aliphatic rings. The van der Waals surface area contributed by atoms with E-state index in [1.165, 1.54) is 0 Å². The molecule has 4 nitrogen and oxygen atoms in total. The van der Waals surface area contributed by atoms with Crippen molar-refractivity contribution in [1.29, 1.82) is 0 Å². The lowest BCUT2D eigenvalue weighted by molar-refractivity contribution is -0.116. The van der Waals surface area contributed by atoms with Crippen LogP contribution in [0.5, 0.6) is 0 Å². The third kappa shape index (κ3) is 3.36. The fraction of sp³-hybridized carbons (Fsp3) is 0.667. The molecule has 1 aromatic rings. The van der Waals surface area contributed by atoms with E-state index in [1.807, 2.05) is 10.9 Å². The molecular formula is C9H15N3O. The molecule has 0 aliphatic carbocycles. The van der Waals surface area contributed by atoms with Crippen LogP contribution in [0.4, 0.5) is 0 Å². The predicted molar refractivity (Wildman–Crippen MR) is 49.3 cm³/mol. The number of aryl methyl sites for hydroxylation is 2. The fourth-order valence-electron chi connectivity index (χ4n) is 1.10. The van der Waals surface area contributed by atoms with E-state index in [1.54, 1.807) is 6.92 Å². The van der Waals surface area contributed by atoms with Gasteiger partial charge in [-0.3, -0.25) is 4.68 Å². The SMILES string of the molecule is CCCn1cc(CCC(C)=O)nn1. The van der Waals surface area contributed by atoms with Crippen LogP contribution < -0.4 is 0 Å². The highest BCUT2D eigenvalue weighted by atomic mass is 16.1. The molecule has 0 N–H and O–H groups in total. The first-order valence-electron chi connectivity index (χ1n) is 4.61. The van der Waals surface area contributed by atoms with Gasteiger partial charge in [-0.25, -0.2) is 0 Å². The van der Waals surface area contributed by atoms with E-state index >= 15 is 0 Å². The van der Waals surface area contributed by atoms with Crippen LogP contribution in [0.2, 0.25) is 0 Å². The van der Waals surface area contributed by atoms with E-state index < -0.39 is 0 Å². The second-order valence-electron chi connectivity index (χ2n) is 3.17. The summed E-state index contributed by atoms with van der Waals surface area (Å²) in [6.45, 7) is 4.58. The van der Waals surface area contributed by atoms with Crippen molar-refractivity contribution in [1.82, 2.24) is 15.0 Å². The molecule has 1 rings (SSSR count). The normalized spacial score (nSPS) is 10.3. The van der Waals surface area contributed by atoms with Crippen molar-refractivity contribution in [3.63, 3.8) is 0 Å². The van der Waals surface area contributed by atoms with Gasteiger partial charge in [0.1, 0.15) is 5.78 Å². The zero-order valence-electron chi connectivity index (χ0n) is 8.16. The second kappa shape index (κ2) is 4.74. The Hall–Kier alpha value is -1.19. The summed E-state index contributed by atoms with van der Waals surface area (Å²) in [6.07, 6.45) is 4.23. The van der Waals surface area contributed by atoms with Gasteiger partial charge in [-0.2, -0.15) is 0 Å². The summed E-state index contributed by atoms with van der Waals surface area (Å²) in [4.78, 5) is 10.7. The monoisotopic (exact) mass is 181 g/mol. The molecule has 72 valence electrons. The number of hydrogen-bond donors (Lipinski definition) is 0. The highest BCUT2D eigenvalue weighted by Crippen LogP contribution is 1.99. The average molecular weight is 181 g/mol. The summed E-state index contributed by atoms with van der Waals surface area (Å²) < 4.78 is 1.81. The van der Waals surface area contributed by atoms with Crippen molar-refractivity contribution in [2.45, 2.75) is 39.7 Å². The summed E-state index contributed by atoms with van der Waals surface area (Å²) in [5.41, 5.74) is 0.906. The molecule has 0 aliphatic heterocycles. The van der Waals surface area contributed by atoms with Gasteiger partial charge in [0.05, 0.1) is 5.69 Å². The van der Waals surface area contributed by atoms with Crippen LogP contribution in [-0.2, 0) is 17.8 Å². The molecule has 0 saturated carbocycles. The van der Waals surface area contributed by atoms with E-state index in [0.29, 0.717) is 12.8 Å². The first-order chi connectivity index (χ1) is 6.22. The van der Waals surface area contributed by atoms with Crippen molar-refractivity contribution in [3.05, 3.63) is 11.9 Å². The van der Waals surface area contributed by atoms with Crippen molar-refractivity contribution in [3.8, 4) is 0 Å². The predicted octanol–water partition coefficient (Wildman–Crippen LogP) is 1.21. The molecule has 0 fully saturated rings. The molecule has 0 saturated heterocycles. The lowest BCUT2D eigenvalue weighted by Gasteiger charge is -1.92. The summed E-state index contributed by atoms with van der Waals surface area (Å²) in [6, 6.07) is 0. The van der Waals surface area contributed by atoms with E-state index in [4.69, 9.17) is 0 Å². The second-order valence-corrected chi connectivity index (χ2v) is 3.17. The van der Waals surface area contributed by atoms with Gasteiger partial charge in [0.15, 0.2) is 0 Å². The molecule has 0 amide bonds. The van der Waals surface area contributed by atoms with Crippen LogP contribution in [0.1, 0.15) is 32.4 Å². The third-order valence-corrected chi connectivity index (χ3v) is 1.77. The quantitative estimate of drug-likeness (QED) is 0.686. The molecule has 0 aromatic carbocycles. The van der Waals surface area contributed by atoms with Crippen molar-refractivity contribution in [2.75, 3.05) is 0 Å². The molecule has 0 atom stereocenters. The van der Waals surface area contributed by atoms with Gasteiger partial charge in [0, 0.05) is 19.2 Å². The molecule has 0 bridgehead atoms. The maximum absolute atomic E-state index is 10.7. The Morgan fingerprint density at radius 1 is 1.62 bits per heavy atom. The average Bonchev–Trinajstić information content (AvgIpc) is 2.50. The maximum atomic E-state index is 10.7. The Morgan fingerprint density at radius 3 is 3.00 bits per heavy atom. The minimum atomic E-state index is 0.199. The molecule has 1 heterocycles. The number of nitrogens with zero attached hydrogens (tertiary/aromatic N) is 3. The van der Waals surface area contributed by atoms with Gasteiger partial charge in [0.2, 0.25) is 0 Å². The van der Waals surface area contributed by atoms with Gasteiger partial charge in [-0.1, -0.05) is 12.1 Å². The number of carbonyl (C=O) groups excluding carboxylic acids is 1. The van der Waals surface area contributed by atoms with E-state index in [0.717, 1.165) is 18.7 Å². The van der Waals surface area contributed by atoms with Crippen LogP contribution in [0, 0.1) is 0 Å². The molecule has 0 spiro atoms. The Kier molecular flexibility index (Phi) is 3.61. The van der Waals surface area contributed by atoms with E-state index in [-0.39, 0.29) is 5.78 Å². The zero-order valence-corrected chi connectivity index (χ0v) is 8.16. The third-order valence-electron chi connectivity index (χ3n) is 1.77. The minimum absolute atomic E-state index is 0.199. The van der Waals surface area contributed by atoms with E-state index in [9.17, 15) is 4.79 Å². The number of ketones is 1. The van der Waals surface area contributed by atoms with Crippen LogP contribution in [0.3, 0.4) is 0 Å². The van der Waals surface area contributed by atoms with Crippen molar-refractivity contribution in [2.24, 2.45) is 0 Å². The lowest BCUT2D eigenvalue weighted by Crippen LogP contribution is -1.96. The first kappa shape index (κ1) is 9.89. The largest absolute Gasteiger partial charge is 0.300 e. The smallest absolute Gasteiger partial charge is 0.130 e. The van der Waals surface area contributed by atoms with Crippen molar-refractivity contribution < 1.29 is 4.79 Å². The van der Waals surface area contributed by atoms with Crippen molar-refractivity contribution >= 4 is 5.78 Å². The van der Waals surface area contributed by atoms with E-state index in [2.05, 4.69) is 17.2 Å². The lowest BCUT2D eigenvalue weighted by atomic mass is 10.2. The molecule has 0 unspecified atom stereocenters.